The molecule has 0 aliphatic carbocycles. The third-order valence-electron chi connectivity index (χ3n) is 1.89. The van der Waals surface area contributed by atoms with E-state index in [1.54, 1.807) is 0 Å². The van der Waals surface area contributed by atoms with Gasteiger partial charge in [0.2, 0.25) is 10.0 Å². The van der Waals surface area contributed by atoms with Gasteiger partial charge < -0.3 is 0 Å². The molecule has 1 heterocycles. The number of rotatable bonds is 6. The van der Waals surface area contributed by atoms with Crippen LogP contribution in [0.15, 0.2) is 14.1 Å². The molecule has 1 aromatic rings. The number of hydrogen-bond acceptors (Lipinski definition) is 4. The number of nitriles is 1. The maximum absolute atomic E-state index is 11.8. The van der Waals surface area contributed by atoms with E-state index >= 15 is 0 Å². The molecule has 0 unspecified atom stereocenters. The van der Waals surface area contributed by atoms with E-state index in [1.807, 2.05) is 6.07 Å². The van der Waals surface area contributed by atoms with Crippen LogP contribution in [-0.2, 0) is 10.0 Å². The van der Waals surface area contributed by atoms with Crippen LogP contribution >= 0.6 is 38.9 Å². The Hall–Kier alpha value is -0.130. The van der Waals surface area contributed by atoms with E-state index in [9.17, 15) is 8.42 Å². The Morgan fingerprint density at radius 3 is 2.76 bits per heavy atom. The Morgan fingerprint density at radius 1 is 1.53 bits per heavy atom. The van der Waals surface area contributed by atoms with Crippen molar-refractivity contribution in [1.82, 2.24) is 4.72 Å². The van der Waals surface area contributed by atoms with Crippen molar-refractivity contribution in [2.75, 3.05) is 6.54 Å². The lowest BCUT2D eigenvalue weighted by Gasteiger charge is -2.02. The molecular weight excluding hydrogens is 348 g/mol. The molecule has 8 heteroatoms. The third-order valence-corrected chi connectivity index (χ3v) is 6.30. The molecule has 0 bridgehead atoms. The summed E-state index contributed by atoms with van der Waals surface area (Å²) < 4.78 is 26.8. The van der Waals surface area contributed by atoms with Crippen LogP contribution in [0.25, 0.3) is 0 Å². The minimum Gasteiger partial charge on any atom is -0.210 e. The second-order valence-corrected chi connectivity index (χ2v) is 7.97. The molecule has 0 radical (unpaired) electrons. The van der Waals surface area contributed by atoms with E-state index in [1.165, 1.54) is 6.07 Å². The fourth-order valence-corrected chi connectivity index (χ4v) is 4.58. The summed E-state index contributed by atoms with van der Waals surface area (Å²) >= 11 is 10.0. The molecule has 0 saturated heterocycles. The molecule has 0 atom stereocenters. The normalized spacial score (nSPS) is 11.4. The Labute approximate surface area is 118 Å². The topological polar surface area (TPSA) is 70.0 Å². The van der Waals surface area contributed by atoms with Gasteiger partial charge in [-0.3, -0.25) is 0 Å². The second-order valence-electron chi connectivity index (χ2n) is 3.20. The third kappa shape index (κ3) is 4.56. The average Bonchev–Trinajstić information content (AvgIpc) is 2.60. The number of halogens is 2. The summed E-state index contributed by atoms with van der Waals surface area (Å²) in [7, 11) is -3.48. The zero-order chi connectivity index (χ0) is 12.9. The smallest absolute Gasteiger partial charge is 0.210 e. The monoisotopic (exact) mass is 356 g/mol. The SMILES string of the molecule is N#CCCCCNS(=O)(=O)c1cc(Cl)c(Br)s1. The van der Waals surface area contributed by atoms with Gasteiger partial charge in [-0.15, -0.1) is 11.3 Å². The highest BCUT2D eigenvalue weighted by molar-refractivity contribution is 9.11. The zero-order valence-corrected chi connectivity index (χ0v) is 12.7. The van der Waals surface area contributed by atoms with Crippen molar-refractivity contribution < 1.29 is 8.42 Å². The predicted octanol–water partition coefficient (Wildman–Crippen LogP) is 3.14. The van der Waals surface area contributed by atoms with Gasteiger partial charge in [-0.05, 0) is 34.8 Å². The number of unbranched alkanes of at least 4 members (excludes halogenated alkanes) is 2. The van der Waals surface area contributed by atoms with Crippen LogP contribution < -0.4 is 4.72 Å². The highest BCUT2D eigenvalue weighted by Gasteiger charge is 2.18. The molecule has 1 rings (SSSR count). The van der Waals surface area contributed by atoms with Crippen molar-refractivity contribution in [2.45, 2.75) is 23.5 Å². The first-order valence-corrected chi connectivity index (χ1v) is 8.26. The van der Waals surface area contributed by atoms with Gasteiger partial charge in [-0.1, -0.05) is 11.6 Å². The summed E-state index contributed by atoms with van der Waals surface area (Å²) in [5.41, 5.74) is 0. The van der Waals surface area contributed by atoms with Crippen LogP contribution in [0.2, 0.25) is 5.02 Å². The second kappa shape index (κ2) is 6.71. The Bertz CT molecular complexity index is 502. The molecule has 0 aromatic carbocycles. The summed E-state index contributed by atoms with van der Waals surface area (Å²) in [6.07, 6.45) is 1.78. The maximum atomic E-state index is 11.8. The first-order valence-electron chi connectivity index (χ1n) is 4.79. The molecule has 1 N–H and O–H groups in total. The lowest BCUT2D eigenvalue weighted by molar-refractivity contribution is 0.579. The van der Waals surface area contributed by atoms with Gasteiger partial charge in [-0.2, -0.15) is 5.26 Å². The molecule has 1 aromatic heterocycles. The quantitative estimate of drug-likeness (QED) is 0.795. The summed E-state index contributed by atoms with van der Waals surface area (Å²) in [5.74, 6) is 0. The largest absolute Gasteiger partial charge is 0.250 e. The summed E-state index contributed by atoms with van der Waals surface area (Å²) in [6.45, 7) is 0.331. The van der Waals surface area contributed by atoms with Crippen LogP contribution in [0.3, 0.4) is 0 Å². The van der Waals surface area contributed by atoms with Crippen molar-refractivity contribution in [3.8, 4) is 6.07 Å². The molecule has 0 aliphatic rings. The van der Waals surface area contributed by atoms with Gasteiger partial charge in [0, 0.05) is 13.0 Å². The Balaban J connectivity index is 2.55. The van der Waals surface area contributed by atoms with Gasteiger partial charge in [0.1, 0.15) is 4.21 Å². The number of hydrogen-bond donors (Lipinski definition) is 1. The van der Waals surface area contributed by atoms with Crippen LogP contribution in [-0.4, -0.2) is 15.0 Å². The Morgan fingerprint density at radius 2 is 2.24 bits per heavy atom. The highest BCUT2D eigenvalue weighted by atomic mass is 79.9. The fraction of sp³-hybridized carbons (Fsp3) is 0.444. The van der Waals surface area contributed by atoms with E-state index in [2.05, 4.69) is 20.7 Å². The lowest BCUT2D eigenvalue weighted by Crippen LogP contribution is -2.23. The van der Waals surface area contributed by atoms with Crippen molar-refractivity contribution in [2.24, 2.45) is 0 Å². The minimum absolute atomic E-state index is 0.189. The predicted molar refractivity (Wildman–Crippen MR) is 71.7 cm³/mol. The molecule has 0 aliphatic heterocycles. The standard InChI is InChI=1S/C9H10BrClN2O2S2/c10-9-7(11)6-8(16-9)17(14,15)13-5-3-1-2-4-12/h6,13H,1-3,5H2. The van der Waals surface area contributed by atoms with Gasteiger partial charge in [0.25, 0.3) is 0 Å². The van der Waals surface area contributed by atoms with Crippen molar-refractivity contribution >= 4 is 48.9 Å². The fourth-order valence-electron chi connectivity index (χ4n) is 1.07. The van der Waals surface area contributed by atoms with Gasteiger partial charge in [0.05, 0.1) is 14.9 Å². The number of nitrogens with zero attached hydrogens (tertiary/aromatic N) is 1. The summed E-state index contributed by atoms with van der Waals surface area (Å²) in [4.78, 5) is 0. The molecule has 0 amide bonds. The molecule has 0 spiro atoms. The van der Waals surface area contributed by atoms with Gasteiger partial charge >= 0.3 is 0 Å². The number of sulfonamides is 1. The van der Waals surface area contributed by atoms with Crippen molar-refractivity contribution in [3.63, 3.8) is 0 Å². The molecule has 17 heavy (non-hydrogen) atoms. The van der Waals surface area contributed by atoms with E-state index in [0.29, 0.717) is 34.6 Å². The molecule has 0 saturated carbocycles. The van der Waals surface area contributed by atoms with Gasteiger partial charge in [-0.25, -0.2) is 13.1 Å². The van der Waals surface area contributed by atoms with Crippen LogP contribution in [0.4, 0.5) is 0 Å². The molecular formula is C9H10BrClN2O2S2. The minimum atomic E-state index is -3.48. The molecule has 4 nitrogen and oxygen atoms in total. The van der Waals surface area contributed by atoms with Gasteiger partial charge in [0.15, 0.2) is 0 Å². The summed E-state index contributed by atoms with van der Waals surface area (Å²) in [5, 5.41) is 8.72. The van der Waals surface area contributed by atoms with Crippen molar-refractivity contribution in [1.29, 1.82) is 5.26 Å². The van der Waals surface area contributed by atoms with Crippen LogP contribution in [0, 0.1) is 11.3 Å². The maximum Gasteiger partial charge on any atom is 0.250 e. The zero-order valence-electron chi connectivity index (χ0n) is 8.74. The first kappa shape index (κ1) is 14.9. The van der Waals surface area contributed by atoms with E-state index in [-0.39, 0.29) is 4.21 Å². The van der Waals surface area contributed by atoms with E-state index < -0.39 is 10.0 Å². The molecule has 0 fully saturated rings. The van der Waals surface area contributed by atoms with Crippen molar-refractivity contribution in [3.05, 3.63) is 14.9 Å². The molecule has 94 valence electrons. The highest BCUT2D eigenvalue weighted by Crippen LogP contribution is 2.34. The van der Waals surface area contributed by atoms with E-state index in [4.69, 9.17) is 16.9 Å². The lowest BCUT2D eigenvalue weighted by atomic mass is 10.2. The van der Waals surface area contributed by atoms with Crippen LogP contribution in [0.1, 0.15) is 19.3 Å². The van der Waals surface area contributed by atoms with Crippen LogP contribution in [0.5, 0.6) is 0 Å². The average molecular weight is 358 g/mol. The van der Waals surface area contributed by atoms with E-state index in [0.717, 1.165) is 11.3 Å². The Kier molecular flexibility index (Phi) is 5.89. The first-order chi connectivity index (χ1) is 7.97. The number of thiophene rings is 1. The number of nitrogens with one attached hydrogen (secondary N) is 1. The summed E-state index contributed by atoms with van der Waals surface area (Å²) in [6, 6.07) is 3.42.